The van der Waals surface area contributed by atoms with E-state index >= 15 is 0 Å². The van der Waals surface area contributed by atoms with E-state index in [9.17, 15) is 14.4 Å². The lowest BCUT2D eigenvalue weighted by atomic mass is 9.87. The van der Waals surface area contributed by atoms with E-state index in [4.69, 9.17) is 20.9 Å². The number of hydrogen-bond donors (Lipinski definition) is 5. The van der Waals surface area contributed by atoms with E-state index in [1.54, 1.807) is 27.0 Å². The highest BCUT2D eigenvalue weighted by Gasteiger charge is 2.29. The predicted octanol–water partition coefficient (Wildman–Crippen LogP) is 2.52. The third-order valence-corrected chi connectivity index (χ3v) is 5.83. The maximum absolute atomic E-state index is 13.3. The van der Waals surface area contributed by atoms with Crippen LogP contribution in [-0.2, 0) is 30.9 Å². The molecule has 2 rings (SSSR count). The number of methoxy groups -OCH3 is 1. The number of carbonyl (C=O) groups excluding carboxylic acids is 3. The first-order valence-electron chi connectivity index (χ1n) is 13.2. The summed E-state index contributed by atoms with van der Waals surface area (Å²) in [6.45, 7) is 11.9. The number of hydrogen-bond acceptors (Lipinski definition) is 7. The summed E-state index contributed by atoms with van der Waals surface area (Å²) in [6, 6.07) is 6.03. The van der Waals surface area contributed by atoms with Gasteiger partial charge in [0.2, 0.25) is 5.91 Å². The molecule has 1 heterocycles. The number of nitrogens with two attached hydrogens (primary N) is 2. The third-order valence-electron chi connectivity index (χ3n) is 5.83. The second kappa shape index (κ2) is 13.8. The number of ether oxygens (including phenoxy) is 2. The zero-order chi connectivity index (χ0) is 30.1. The normalized spacial score (nSPS) is 13.1. The van der Waals surface area contributed by atoms with Gasteiger partial charge in [-0.05, 0) is 44.6 Å². The van der Waals surface area contributed by atoms with E-state index in [0.29, 0.717) is 17.9 Å². The number of alkyl carbamates (subject to hydrolysis) is 1. The zero-order valence-electron chi connectivity index (χ0n) is 24.5. The van der Waals surface area contributed by atoms with Crippen molar-refractivity contribution in [1.82, 2.24) is 20.6 Å². The second-order valence-electron chi connectivity index (χ2n) is 11.5. The molecule has 0 aliphatic rings. The lowest BCUT2D eigenvalue weighted by molar-refractivity contribution is -0.145. The number of guanidine groups is 1. The maximum Gasteiger partial charge on any atom is 0.408 e. The van der Waals surface area contributed by atoms with Crippen LogP contribution in [0.1, 0.15) is 65.6 Å². The fraction of sp³-hybridized carbons (Fsp3) is 0.536. The van der Waals surface area contributed by atoms with Crippen molar-refractivity contribution in [2.24, 2.45) is 16.5 Å². The molecule has 1 aromatic heterocycles. The van der Waals surface area contributed by atoms with Crippen LogP contribution in [0.25, 0.3) is 11.4 Å². The monoisotopic (exact) mass is 557 g/mol. The summed E-state index contributed by atoms with van der Waals surface area (Å²) >= 11 is 0. The van der Waals surface area contributed by atoms with Gasteiger partial charge in [0, 0.05) is 30.4 Å². The van der Waals surface area contributed by atoms with Crippen LogP contribution < -0.4 is 22.1 Å². The Morgan fingerprint density at radius 3 is 2.23 bits per heavy atom. The van der Waals surface area contributed by atoms with Crippen molar-refractivity contribution in [3.05, 3.63) is 41.7 Å². The molecule has 0 unspecified atom stereocenters. The van der Waals surface area contributed by atoms with Crippen LogP contribution in [-0.4, -0.2) is 65.2 Å². The summed E-state index contributed by atoms with van der Waals surface area (Å²) in [5.41, 5.74) is 12.6. The second-order valence-corrected chi connectivity index (χ2v) is 11.5. The molecule has 0 aliphatic carbocycles. The minimum Gasteiger partial charge on any atom is -0.467 e. The SMILES string of the molecule is COC(=O)[C@H](CCCN=C(N)N)NC(=O)[C@H](Cc1cnc(-c2ccc(C(C)(C)C)cc2)[nH]1)NC(=O)OC(C)(C)C. The maximum atomic E-state index is 13.3. The van der Waals surface area contributed by atoms with Gasteiger partial charge in [-0.2, -0.15) is 0 Å². The fourth-order valence-corrected chi connectivity index (χ4v) is 3.78. The fourth-order valence-electron chi connectivity index (χ4n) is 3.78. The number of H-pyrrole nitrogens is 1. The minimum atomic E-state index is -1.07. The van der Waals surface area contributed by atoms with Gasteiger partial charge in [0.1, 0.15) is 23.5 Å². The highest BCUT2D eigenvalue weighted by atomic mass is 16.6. The Bertz CT molecular complexity index is 1170. The van der Waals surface area contributed by atoms with Crippen LogP contribution in [0.4, 0.5) is 4.79 Å². The molecule has 0 saturated heterocycles. The van der Waals surface area contributed by atoms with Gasteiger partial charge in [-0.1, -0.05) is 45.0 Å². The standard InChI is InChI=1S/C28H43N7O5/c1-27(2,3)18-12-10-17(11-13-18)22-32-16-19(33-22)15-21(35-26(38)40-28(4,5)6)23(36)34-20(24(37)39-7)9-8-14-31-25(29)30/h10-13,16,20-21H,8-9,14-15H2,1-7H3,(H,32,33)(H,34,36)(H,35,38)(H4,29,30,31)/t20-,21-/m0/s1. The van der Waals surface area contributed by atoms with E-state index in [0.717, 1.165) is 5.56 Å². The quantitative estimate of drug-likeness (QED) is 0.121. The Balaban J connectivity index is 2.23. The largest absolute Gasteiger partial charge is 0.467 e. The van der Waals surface area contributed by atoms with Gasteiger partial charge in [0.15, 0.2) is 5.96 Å². The first-order chi connectivity index (χ1) is 18.6. The van der Waals surface area contributed by atoms with Crippen molar-refractivity contribution in [3.8, 4) is 11.4 Å². The van der Waals surface area contributed by atoms with Gasteiger partial charge < -0.3 is 36.6 Å². The Hall–Kier alpha value is -4.09. The Labute approximate surface area is 235 Å². The summed E-state index contributed by atoms with van der Waals surface area (Å²) < 4.78 is 10.2. The predicted molar refractivity (Wildman–Crippen MR) is 153 cm³/mol. The van der Waals surface area contributed by atoms with Crippen molar-refractivity contribution >= 4 is 23.9 Å². The zero-order valence-corrected chi connectivity index (χ0v) is 24.5. The Kier molecular flexibility index (Phi) is 11.1. The first-order valence-corrected chi connectivity index (χ1v) is 13.2. The third kappa shape index (κ3) is 10.6. The molecule has 1 aromatic carbocycles. The molecule has 2 amide bonds. The number of imidazole rings is 1. The number of aliphatic imine (C=N–C) groups is 1. The molecular formula is C28H43N7O5. The summed E-state index contributed by atoms with van der Waals surface area (Å²) in [5, 5.41) is 5.29. The van der Waals surface area contributed by atoms with Crippen molar-refractivity contribution in [2.75, 3.05) is 13.7 Å². The molecule has 2 atom stereocenters. The van der Waals surface area contributed by atoms with Crippen molar-refractivity contribution < 1.29 is 23.9 Å². The number of esters is 1. The van der Waals surface area contributed by atoms with Gasteiger partial charge in [0.05, 0.1) is 7.11 Å². The van der Waals surface area contributed by atoms with Crippen LogP contribution in [0.2, 0.25) is 0 Å². The summed E-state index contributed by atoms with van der Waals surface area (Å²) in [6.07, 6.45) is 1.55. The molecule has 0 spiro atoms. The molecule has 40 heavy (non-hydrogen) atoms. The lowest BCUT2D eigenvalue weighted by Crippen LogP contribution is -2.53. The molecule has 7 N–H and O–H groups in total. The van der Waals surface area contributed by atoms with E-state index in [1.807, 2.05) is 12.1 Å². The van der Waals surface area contributed by atoms with Crippen LogP contribution >= 0.6 is 0 Å². The molecule has 12 nitrogen and oxygen atoms in total. The highest BCUT2D eigenvalue weighted by molar-refractivity contribution is 5.89. The van der Waals surface area contributed by atoms with E-state index in [2.05, 4.69) is 58.5 Å². The summed E-state index contributed by atoms with van der Waals surface area (Å²) in [7, 11) is 1.23. The number of aromatic nitrogens is 2. The number of rotatable bonds is 11. The van der Waals surface area contributed by atoms with Crippen molar-refractivity contribution in [1.29, 1.82) is 0 Å². The number of nitrogens with zero attached hydrogens (tertiary/aromatic N) is 2. The molecule has 0 aliphatic heterocycles. The number of amides is 2. The van der Waals surface area contributed by atoms with E-state index < -0.39 is 35.7 Å². The van der Waals surface area contributed by atoms with Crippen LogP contribution in [0, 0.1) is 0 Å². The number of aromatic amines is 1. The van der Waals surface area contributed by atoms with Crippen LogP contribution in [0.15, 0.2) is 35.5 Å². The Morgan fingerprint density at radius 1 is 1.02 bits per heavy atom. The Morgan fingerprint density at radius 2 is 1.68 bits per heavy atom. The topological polar surface area (TPSA) is 187 Å². The number of benzene rings is 1. The van der Waals surface area contributed by atoms with Crippen LogP contribution in [0.3, 0.4) is 0 Å². The van der Waals surface area contributed by atoms with E-state index in [1.165, 1.54) is 12.7 Å². The van der Waals surface area contributed by atoms with E-state index in [-0.39, 0.29) is 30.8 Å². The highest BCUT2D eigenvalue weighted by Crippen LogP contribution is 2.25. The van der Waals surface area contributed by atoms with Gasteiger partial charge in [0.25, 0.3) is 0 Å². The van der Waals surface area contributed by atoms with Gasteiger partial charge in [-0.3, -0.25) is 9.79 Å². The minimum absolute atomic E-state index is 0.0216. The molecule has 2 aromatic rings. The smallest absolute Gasteiger partial charge is 0.408 e. The molecule has 220 valence electrons. The molecule has 0 fully saturated rings. The van der Waals surface area contributed by atoms with Crippen molar-refractivity contribution in [3.63, 3.8) is 0 Å². The van der Waals surface area contributed by atoms with Gasteiger partial charge >= 0.3 is 12.1 Å². The molecular weight excluding hydrogens is 514 g/mol. The molecule has 0 radical (unpaired) electrons. The molecule has 0 bridgehead atoms. The van der Waals surface area contributed by atoms with Crippen molar-refractivity contribution in [2.45, 2.75) is 83.9 Å². The average molecular weight is 558 g/mol. The van der Waals surface area contributed by atoms with Crippen LogP contribution in [0.5, 0.6) is 0 Å². The lowest BCUT2D eigenvalue weighted by Gasteiger charge is -2.24. The van der Waals surface area contributed by atoms with Gasteiger partial charge in [-0.25, -0.2) is 14.6 Å². The number of carbonyl (C=O) groups is 3. The molecule has 12 heteroatoms. The van der Waals surface area contributed by atoms with Gasteiger partial charge in [-0.15, -0.1) is 0 Å². The number of nitrogens with one attached hydrogen (secondary N) is 3. The summed E-state index contributed by atoms with van der Waals surface area (Å²) in [5.74, 6) is -0.659. The summed E-state index contributed by atoms with van der Waals surface area (Å²) in [4.78, 5) is 49.9. The average Bonchev–Trinajstić information content (AvgIpc) is 3.31. The molecule has 0 saturated carbocycles. The first kappa shape index (κ1) is 32.1.